The quantitative estimate of drug-likeness (QED) is 0.794. The first-order valence-electron chi connectivity index (χ1n) is 5.86. The number of hydrogen-bond acceptors (Lipinski definition) is 2. The highest BCUT2D eigenvalue weighted by Crippen LogP contribution is 2.25. The van der Waals surface area contributed by atoms with Gasteiger partial charge in [0.25, 0.3) is 5.91 Å². The Morgan fingerprint density at radius 1 is 1.28 bits per heavy atom. The normalized spacial score (nSPS) is 24.1. The lowest BCUT2D eigenvalue weighted by molar-refractivity contribution is -0.0249. The number of rotatable bonds is 1. The van der Waals surface area contributed by atoms with E-state index < -0.39 is 0 Å². The number of morpholine rings is 1. The maximum atomic E-state index is 12.5. The SMILES string of the molecule is CC1COCC(C)N1C(=O)c1ccc(Cl)cc1Cl. The Hall–Kier alpha value is -0.770. The molecular formula is C13H15Cl2NO2. The van der Waals surface area contributed by atoms with Gasteiger partial charge in [0.05, 0.1) is 35.9 Å². The van der Waals surface area contributed by atoms with Crippen LogP contribution in [0.3, 0.4) is 0 Å². The van der Waals surface area contributed by atoms with Gasteiger partial charge in [0, 0.05) is 5.02 Å². The third-order valence-corrected chi connectivity index (χ3v) is 3.61. The third kappa shape index (κ3) is 2.63. The van der Waals surface area contributed by atoms with Gasteiger partial charge in [-0.1, -0.05) is 23.2 Å². The molecule has 0 aromatic heterocycles. The average molecular weight is 288 g/mol. The van der Waals surface area contributed by atoms with Gasteiger partial charge < -0.3 is 9.64 Å². The summed E-state index contributed by atoms with van der Waals surface area (Å²) in [5, 5.41) is 0.915. The molecule has 1 fully saturated rings. The zero-order chi connectivity index (χ0) is 13.3. The van der Waals surface area contributed by atoms with Crippen LogP contribution in [0.1, 0.15) is 24.2 Å². The summed E-state index contributed by atoms with van der Waals surface area (Å²) in [5.74, 6) is -0.0695. The number of amides is 1. The molecule has 0 aliphatic carbocycles. The summed E-state index contributed by atoms with van der Waals surface area (Å²) in [6.07, 6.45) is 0. The number of ether oxygens (including phenoxy) is 1. The van der Waals surface area contributed by atoms with E-state index in [4.69, 9.17) is 27.9 Å². The third-order valence-electron chi connectivity index (χ3n) is 3.06. The Morgan fingerprint density at radius 3 is 2.44 bits per heavy atom. The lowest BCUT2D eigenvalue weighted by Gasteiger charge is -2.39. The molecule has 2 rings (SSSR count). The molecule has 1 aliphatic heterocycles. The van der Waals surface area contributed by atoms with Crippen LogP contribution in [-0.2, 0) is 4.74 Å². The van der Waals surface area contributed by atoms with Crippen molar-refractivity contribution >= 4 is 29.1 Å². The van der Waals surface area contributed by atoms with Gasteiger partial charge >= 0.3 is 0 Å². The average Bonchev–Trinajstić information content (AvgIpc) is 2.28. The van der Waals surface area contributed by atoms with Crippen LogP contribution in [0.15, 0.2) is 18.2 Å². The molecule has 2 atom stereocenters. The number of carbonyl (C=O) groups excluding carboxylic acids is 1. The van der Waals surface area contributed by atoms with Crippen molar-refractivity contribution in [1.82, 2.24) is 4.90 Å². The second-order valence-corrected chi connectivity index (χ2v) is 5.42. The highest BCUT2D eigenvalue weighted by molar-refractivity contribution is 6.36. The lowest BCUT2D eigenvalue weighted by atomic mass is 10.1. The fourth-order valence-electron chi connectivity index (χ4n) is 2.21. The van der Waals surface area contributed by atoms with Crippen molar-refractivity contribution in [3.05, 3.63) is 33.8 Å². The second-order valence-electron chi connectivity index (χ2n) is 4.57. The van der Waals surface area contributed by atoms with Crippen molar-refractivity contribution in [3.63, 3.8) is 0 Å². The van der Waals surface area contributed by atoms with E-state index in [0.717, 1.165) is 0 Å². The summed E-state index contributed by atoms with van der Waals surface area (Å²) in [5.41, 5.74) is 0.488. The fourth-order valence-corrected chi connectivity index (χ4v) is 2.70. The highest BCUT2D eigenvalue weighted by atomic mass is 35.5. The first-order chi connectivity index (χ1) is 8.50. The van der Waals surface area contributed by atoms with E-state index in [1.165, 1.54) is 0 Å². The molecule has 1 heterocycles. The van der Waals surface area contributed by atoms with Gasteiger partial charge in [-0.05, 0) is 32.0 Å². The van der Waals surface area contributed by atoms with Crippen LogP contribution >= 0.6 is 23.2 Å². The number of carbonyl (C=O) groups is 1. The molecule has 0 bridgehead atoms. The summed E-state index contributed by atoms with van der Waals surface area (Å²) in [7, 11) is 0. The zero-order valence-corrected chi connectivity index (χ0v) is 11.8. The highest BCUT2D eigenvalue weighted by Gasteiger charge is 2.31. The van der Waals surface area contributed by atoms with Crippen molar-refractivity contribution < 1.29 is 9.53 Å². The van der Waals surface area contributed by atoms with Crippen molar-refractivity contribution in [2.45, 2.75) is 25.9 Å². The van der Waals surface area contributed by atoms with Gasteiger partial charge in [-0.15, -0.1) is 0 Å². The lowest BCUT2D eigenvalue weighted by Crippen LogP contribution is -2.52. The molecule has 98 valence electrons. The predicted molar refractivity (Wildman–Crippen MR) is 72.4 cm³/mol. The van der Waals surface area contributed by atoms with E-state index in [-0.39, 0.29) is 18.0 Å². The van der Waals surface area contributed by atoms with Crippen molar-refractivity contribution in [2.75, 3.05) is 13.2 Å². The minimum Gasteiger partial charge on any atom is -0.377 e. The van der Waals surface area contributed by atoms with Gasteiger partial charge in [0.15, 0.2) is 0 Å². The van der Waals surface area contributed by atoms with Gasteiger partial charge in [0.1, 0.15) is 0 Å². The standard InChI is InChI=1S/C13H15Cl2NO2/c1-8-6-18-7-9(2)16(8)13(17)11-4-3-10(14)5-12(11)15/h3-5,8-9H,6-7H2,1-2H3. The maximum absolute atomic E-state index is 12.5. The number of halogens is 2. The first-order valence-corrected chi connectivity index (χ1v) is 6.61. The molecule has 5 heteroatoms. The van der Waals surface area contributed by atoms with Gasteiger partial charge in [-0.25, -0.2) is 0 Å². The van der Waals surface area contributed by atoms with E-state index in [1.807, 2.05) is 18.7 Å². The smallest absolute Gasteiger partial charge is 0.256 e. The summed E-state index contributed by atoms with van der Waals surface area (Å²) in [4.78, 5) is 14.3. The number of hydrogen-bond donors (Lipinski definition) is 0. The maximum Gasteiger partial charge on any atom is 0.256 e. The predicted octanol–water partition coefficient (Wildman–Crippen LogP) is 3.24. The Bertz CT molecular complexity index is 454. The van der Waals surface area contributed by atoms with Crippen LogP contribution < -0.4 is 0 Å². The van der Waals surface area contributed by atoms with Gasteiger partial charge in [-0.3, -0.25) is 4.79 Å². The molecule has 0 saturated carbocycles. The topological polar surface area (TPSA) is 29.5 Å². The fraction of sp³-hybridized carbons (Fsp3) is 0.462. The van der Waals surface area contributed by atoms with E-state index in [1.54, 1.807) is 18.2 Å². The van der Waals surface area contributed by atoms with Crippen LogP contribution in [0.4, 0.5) is 0 Å². The zero-order valence-electron chi connectivity index (χ0n) is 10.3. The molecule has 1 aliphatic rings. The summed E-state index contributed by atoms with van der Waals surface area (Å²) in [6.45, 7) is 5.05. The minimum atomic E-state index is -0.0695. The van der Waals surface area contributed by atoms with Crippen LogP contribution in [0.2, 0.25) is 10.0 Å². The molecule has 1 saturated heterocycles. The van der Waals surface area contributed by atoms with Crippen molar-refractivity contribution in [1.29, 1.82) is 0 Å². The molecule has 1 amide bonds. The van der Waals surface area contributed by atoms with Crippen LogP contribution in [0.25, 0.3) is 0 Å². The van der Waals surface area contributed by atoms with Gasteiger partial charge in [-0.2, -0.15) is 0 Å². The van der Waals surface area contributed by atoms with E-state index in [2.05, 4.69) is 0 Å². The monoisotopic (exact) mass is 287 g/mol. The number of nitrogens with zero attached hydrogens (tertiary/aromatic N) is 1. The molecule has 0 radical (unpaired) electrons. The molecular weight excluding hydrogens is 273 g/mol. The van der Waals surface area contributed by atoms with Crippen LogP contribution in [0.5, 0.6) is 0 Å². The van der Waals surface area contributed by atoms with Crippen LogP contribution in [-0.4, -0.2) is 36.1 Å². The summed E-state index contributed by atoms with van der Waals surface area (Å²) in [6, 6.07) is 5.03. The molecule has 2 unspecified atom stereocenters. The number of benzene rings is 1. The Balaban J connectivity index is 2.29. The summed E-state index contributed by atoms with van der Waals surface area (Å²) < 4.78 is 5.41. The Labute approximate surface area is 117 Å². The van der Waals surface area contributed by atoms with Crippen LogP contribution in [0, 0.1) is 0 Å². The van der Waals surface area contributed by atoms with E-state index in [0.29, 0.717) is 28.8 Å². The minimum absolute atomic E-state index is 0.0491. The van der Waals surface area contributed by atoms with E-state index >= 15 is 0 Å². The Kier molecular flexibility index (Phi) is 4.15. The molecule has 1 aromatic rings. The molecule has 0 N–H and O–H groups in total. The Morgan fingerprint density at radius 2 is 1.89 bits per heavy atom. The van der Waals surface area contributed by atoms with Crippen molar-refractivity contribution in [3.8, 4) is 0 Å². The van der Waals surface area contributed by atoms with Crippen molar-refractivity contribution in [2.24, 2.45) is 0 Å². The molecule has 3 nitrogen and oxygen atoms in total. The molecule has 1 aromatic carbocycles. The second kappa shape index (κ2) is 5.47. The first kappa shape index (κ1) is 13.7. The largest absolute Gasteiger partial charge is 0.377 e. The van der Waals surface area contributed by atoms with E-state index in [9.17, 15) is 4.79 Å². The van der Waals surface area contributed by atoms with Gasteiger partial charge in [0.2, 0.25) is 0 Å². The molecule has 18 heavy (non-hydrogen) atoms. The summed E-state index contributed by atoms with van der Waals surface area (Å²) >= 11 is 11.9. The molecule has 0 spiro atoms.